The number of aryl methyl sites for hydroxylation is 2. The van der Waals surface area contributed by atoms with Gasteiger partial charge in [-0.15, -0.1) is 0 Å². The second-order valence-corrected chi connectivity index (χ2v) is 11.6. The summed E-state index contributed by atoms with van der Waals surface area (Å²) in [5.74, 6) is -1.79. The Bertz CT molecular complexity index is 1520. The fourth-order valence-electron chi connectivity index (χ4n) is 4.10. The molecule has 4 rings (SSSR count). The number of amides is 1. The Morgan fingerprint density at radius 3 is 2.41 bits per heavy atom. The molecule has 1 aliphatic heterocycles. The van der Waals surface area contributed by atoms with Gasteiger partial charge in [0.1, 0.15) is 10.6 Å². The molecule has 0 radical (unpaired) electrons. The van der Waals surface area contributed by atoms with Crippen LogP contribution in [0, 0.1) is 26.7 Å². The summed E-state index contributed by atoms with van der Waals surface area (Å²) in [6, 6.07) is 9.99. The number of aromatic carboxylic acids is 1. The number of carboxylic acid groups (broad SMARTS) is 1. The van der Waals surface area contributed by atoms with E-state index in [9.17, 15) is 23.1 Å². The van der Waals surface area contributed by atoms with Gasteiger partial charge in [-0.1, -0.05) is 26.0 Å². The predicted octanol–water partition coefficient (Wildman–Crippen LogP) is 3.90. The molecule has 1 aliphatic rings. The van der Waals surface area contributed by atoms with Gasteiger partial charge < -0.3 is 19.9 Å². The van der Waals surface area contributed by atoms with Gasteiger partial charge in [-0.2, -0.15) is 14.1 Å². The highest BCUT2D eigenvalue weighted by atomic mass is 32.2. The Hall–Kier alpha value is -3.74. The highest BCUT2D eigenvalue weighted by molar-refractivity contribution is 7.89. The number of aromatic nitrogens is 2. The van der Waals surface area contributed by atoms with Crippen molar-refractivity contribution in [3.05, 3.63) is 58.8 Å². The number of nitrogens with one attached hydrogen (secondary N) is 1. The van der Waals surface area contributed by atoms with Crippen molar-refractivity contribution in [2.24, 2.45) is 5.92 Å². The van der Waals surface area contributed by atoms with E-state index in [1.54, 1.807) is 26.8 Å². The van der Waals surface area contributed by atoms with E-state index < -0.39 is 16.0 Å². The van der Waals surface area contributed by atoms with Gasteiger partial charge in [-0.05, 0) is 56.2 Å². The average molecular weight is 557 g/mol. The summed E-state index contributed by atoms with van der Waals surface area (Å²) in [5, 5.41) is 16.8. The monoisotopic (exact) mass is 556 g/mol. The molecule has 2 N–H and O–H groups in total. The number of hydrogen-bond donors (Lipinski definition) is 2. The molecule has 1 saturated heterocycles. The van der Waals surface area contributed by atoms with Crippen molar-refractivity contribution >= 4 is 27.6 Å². The number of ether oxygens (including phenoxy) is 2. The third kappa shape index (κ3) is 5.82. The molecule has 0 bridgehead atoms. The Balaban J connectivity index is 1.88. The molecule has 39 heavy (non-hydrogen) atoms. The summed E-state index contributed by atoms with van der Waals surface area (Å²) in [6.45, 7) is 9.59. The summed E-state index contributed by atoms with van der Waals surface area (Å²) in [7, 11) is -4.08. The van der Waals surface area contributed by atoms with E-state index in [1.807, 2.05) is 32.0 Å². The van der Waals surface area contributed by atoms with E-state index in [2.05, 4.69) is 10.4 Å². The number of sulfonamides is 1. The molecule has 2 heterocycles. The van der Waals surface area contributed by atoms with Crippen molar-refractivity contribution < 1.29 is 32.6 Å². The van der Waals surface area contributed by atoms with Crippen molar-refractivity contribution in [1.82, 2.24) is 14.1 Å². The molecular formula is C27H32N4O7S. The lowest BCUT2D eigenvalue weighted by Crippen LogP contribution is -2.40. The van der Waals surface area contributed by atoms with Crippen LogP contribution in [0.4, 0.5) is 5.69 Å². The summed E-state index contributed by atoms with van der Waals surface area (Å²) < 4.78 is 41.8. The first-order valence-electron chi connectivity index (χ1n) is 12.5. The summed E-state index contributed by atoms with van der Waals surface area (Å²) >= 11 is 0. The number of anilines is 1. The maximum Gasteiger partial charge on any atom is 0.356 e. The van der Waals surface area contributed by atoms with E-state index in [-0.39, 0.29) is 65.9 Å². The molecule has 0 unspecified atom stereocenters. The standard InChI is InChI=1S/C27H32N4O7S/c1-16(2)25(32)28-20-8-9-22(23(15-20)39(35,36)30-10-12-37-13-11-30)38-26-19(5)24(27(33)34)29-31(26)21-14-17(3)6-7-18(21)4/h6-9,14-16H,10-13H2,1-5H3,(H,28,32)(H,33,34). The molecule has 208 valence electrons. The lowest BCUT2D eigenvalue weighted by atomic mass is 10.1. The number of morpholine rings is 1. The average Bonchev–Trinajstić information content (AvgIpc) is 3.22. The largest absolute Gasteiger partial charge is 0.476 e. The Morgan fingerprint density at radius 2 is 1.77 bits per heavy atom. The number of nitrogens with zero attached hydrogens (tertiary/aromatic N) is 3. The fraction of sp³-hybridized carbons (Fsp3) is 0.370. The molecule has 0 atom stereocenters. The zero-order chi connectivity index (χ0) is 28.5. The van der Waals surface area contributed by atoms with Crippen LogP contribution >= 0.6 is 0 Å². The van der Waals surface area contributed by atoms with Crippen molar-refractivity contribution in [3.8, 4) is 17.3 Å². The maximum absolute atomic E-state index is 13.8. The quantitative estimate of drug-likeness (QED) is 0.426. The number of carbonyl (C=O) groups excluding carboxylic acids is 1. The zero-order valence-electron chi connectivity index (χ0n) is 22.5. The first-order valence-corrected chi connectivity index (χ1v) is 14.0. The maximum atomic E-state index is 13.8. The first-order chi connectivity index (χ1) is 18.4. The van der Waals surface area contributed by atoms with Gasteiger partial charge in [-0.3, -0.25) is 4.79 Å². The number of rotatable bonds is 8. The van der Waals surface area contributed by atoms with Crippen LogP contribution in [0.15, 0.2) is 41.3 Å². The van der Waals surface area contributed by atoms with Crippen molar-refractivity contribution in [3.63, 3.8) is 0 Å². The SMILES string of the molecule is Cc1ccc(C)c(-n2nc(C(=O)O)c(C)c2Oc2ccc(NC(=O)C(C)C)cc2S(=O)(=O)N2CCOCC2)c1. The smallest absolute Gasteiger partial charge is 0.356 e. The normalized spacial score (nSPS) is 14.4. The van der Waals surface area contributed by atoms with Crippen LogP contribution in [0.25, 0.3) is 5.69 Å². The number of hydrogen-bond acceptors (Lipinski definition) is 7. The topological polar surface area (TPSA) is 140 Å². The lowest BCUT2D eigenvalue weighted by molar-refractivity contribution is -0.118. The van der Waals surface area contributed by atoms with Gasteiger partial charge >= 0.3 is 5.97 Å². The van der Waals surface area contributed by atoms with Crippen LogP contribution in [0.5, 0.6) is 11.6 Å². The number of carboxylic acids is 1. The van der Waals surface area contributed by atoms with Crippen LogP contribution in [-0.4, -0.2) is 65.8 Å². The predicted molar refractivity (Wildman–Crippen MR) is 144 cm³/mol. The number of carbonyl (C=O) groups is 2. The van der Waals surface area contributed by atoms with Crippen molar-refractivity contribution in [2.45, 2.75) is 39.5 Å². The highest BCUT2D eigenvalue weighted by Gasteiger charge is 2.32. The van der Waals surface area contributed by atoms with Gasteiger partial charge in [0.05, 0.1) is 18.9 Å². The van der Waals surface area contributed by atoms with Gasteiger partial charge in [-0.25, -0.2) is 13.2 Å². The molecule has 1 amide bonds. The van der Waals surface area contributed by atoms with Gasteiger partial charge in [0, 0.05) is 30.3 Å². The summed E-state index contributed by atoms with van der Waals surface area (Å²) in [6.07, 6.45) is 0. The van der Waals surface area contributed by atoms with Gasteiger partial charge in [0.15, 0.2) is 5.69 Å². The van der Waals surface area contributed by atoms with E-state index >= 15 is 0 Å². The minimum Gasteiger partial charge on any atom is -0.476 e. The summed E-state index contributed by atoms with van der Waals surface area (Å²) in [5.41, 5.74) is 2.64. The van der Waals surface area contributed by atoms with E-state index in [0.717, 1.165) is 11.1 Å². The highest BCUT2D eigenvalue weighted by Crippen LogP contribution is 2.37. The Morgan fingerprint density at radius 1 is 1.08 bits per heavy atom. The van der Waals surface area contributed by atoms with Crippen LogP contribution in [0.2, 0.25) is 0 Å². The molecule has 0 saturated carbocycles. The minimum atomic E-state index is -4.08. The molecule has 12 heteroatoms. The Labute approximate surface area is 227 Å². The van der Waals surface area contributed by atoms with E-state index in [4.69, 9.17) is 9.47 Å². The van der Waals surface area contributed by atoms with Crippen molar-refractivity contribution in [1.29, 1.82) is 0 Å². The van der Waals surface area contributed by atoms with E-state index in [1.165, 1.54) is 21.1 Å². The van der Waals surface area contributed by atoms with Crippen LogP contribution in [-0.2, 0) is 19.6 Å². The van der Waals surface area contributed by atoms with E-state index in [0.29, 0.717) is 11.4 Å². The second kappa shape index (κ2) is 11.2. The molecule has 3 aromatic rings. The molecule has 1 aromatic heterocycles. The van der Waals surface area contributed by atoms with Gasteiger partial charge in [0.25, 0.3) is 0 Å². The second-order valence-electron chi connectivity index (χ2n) is 9.71. The third-order valence-electron chi connectivity index (χ3n) is 6.39. The molecule has 0 aliphatic carbocycles. The van der Waals surface area contributed by atoms with Crippen LogP contribution in [0.3, 0.4) is 0 Å². The molecule has 11 nitrogen and oxygen atoms in total. The summed E-state index contributed by atoms with van der Waals surface area (Å²) in [4.78, 5) is 24.1. The minimum absolute atomic E-state index is 0.0319. The van der Waals surface area contributed by atoms with Gasteiger partial charge in [0.2, 0.25) is 21.8 Å². The molecular weight excluding hydrogens is 524 g/mol. The zero-order valence-corrected chi connectivity index (χ0v) is 23.3. The first kappa shape index (κ1) is 28.3. The number of benzene rings is 2. The Kier molecular flexibility index (Phi) is 8.09. The third-order valence-corrected chi connectivity index (χ3v) is 8.31. The molecule has 2 aromatic carbocycles. The van der Waals surface area contributed by atoms with Crippen molar-refractivity contribution in [2.75, 3.05) is 31.6 Å². The fourth-order valence-corrected chi connectivity index (χ4v) is 5.65. The molecule has 1 fully saturated rings. The van der Waals surface area contributed by atoms with Crippen LogP contribution in [0.1, 0.15) is 41.0 Å². The lowest BCUT2D eigenvalue weighted by Gasteiger charge is -2.27. The van der Waals surface area contributed by atoms with Crippen LogP contribution < -0.4 is 10.1 Å². The molecule has 0 spiro atoms.